The van der Waals surface area contributed by atoms with Crippen LogP contribution in [-0.4, -0.2) is 4.38 Å². The summed E-state index contributed by atoms with van der Waals surface area (Å²) in [6.07, 6.45) is 0. The van der Waals surface area contributed by atoms with Crippen LogP contribution < -0.4 is 0 Å². The van der Waals surface area contributed by atoms with Crippen molar-refractivity contribution < 1.29 is 39.1 Å². The van der Waals surface area contributed by atoms with E-state index in [1.165, 1.54) is 15.5 Å². The van der Waals surface area contributed by atoms with Crippen LogP contribution in [0.2, 0.25) is 0 Å². The molecule has 0 amide bonds. The Bertz CT molecular complexity index is 549. The Labute approximate surface area is 148 Å². The van der Waals surface area contributed by atoms with E-state index in [0.29, 0.717) is 0 Å². The second kappa shape index (κ2) is 28.7. The van der Waals surface area contributed by atoms with Crippen molar-refractivity contribution in [3.05, 3.63) is 105 Å². The van der Waals surface area contributed by atoms with Crippen molar-refractivity contribution in [2.75, 3.05) is 0 Å². The molecule has 0 N–H and O–H groups in total. The van der Waals surface area contributed by atoms with E-state index in [1.54, 1.807) is 0 Å². The third-order valence-corrected chi connectivity index (χ3v) is 2.81. The summed E-state index contributed by atoms with van der Waals surface area (Å²) >= 11 is 3.13. The molecule has 0 radical (unpaired) electrons. The molecule has 2 aromatic rings. The van der Waals surface area contributed by atoms with Crippen molar-refractivity contribution in [1.82, 2.24) is 0 Å². The molecule has 0 fully saturated rings. The van der Waals surface area contributed by atoms with Gasteiger partial charge in [0.2, 0.25) is 0 Å². The third-order valence-electron chi connectivity index (χ3n) is 2.07. The Morgan fingerprint density at radius 1 is 0.500 bits per heavy atom. The van der Waals surface area contributed by atoms with Gasteiger partial charge in [0.25, 0.3) is 0 Å². The molecule has 0 aliphatic heterocycles. The molecule has 0 unspecified atom stereocenters. The predicted molar refractivity (Wildman–Crippen MR) is 75.7 cm³/mol. The molecule has 0 atom stereocenters. The maximum absolute atomic E-state index is 7.50. The van der Waals surface area contributed by atoms with Crippen molar-refractivity contribution in [2.24, 2.45) is 0 Å². The fourth-order valence-corrected chi connectivity index (χ4v) is 1.77. The number of benzene rings is 2. The van der Waals surface area contributed by atoms with Gasteiger partial charge in [0.1, 0.15) is 0 Å². The van der Waals surface area contributed by atoms with E-state index in [2.05, 4.69) is 97.6 Å². The standard InChI is InChI=1S/C13H10.5CO.Cr/c1-3-7-12(8-4-1)11-13-9-5-2-6-10-13;5*1-2;/h1-10H;;;;;;. The van der Waals surface area contributed by atoms with E-state index in [-0.39, 0.29) is 0 Å². The molecule has 2 aromatic carbocycles. The van der Waals surface area contributed by atoms with Crippen LogP contribution in [0.4, 0.5) is 0 Å². The van der Waals surface area contributed by atoms with Crippen LogP contribution in [0.15, 0.2) is 60.7 Å². The molecule has 5 nitrogen and oxygen atoms in total. The SMILES string of the molecule is [C-]#[O+].[C-]#[O+].[C-]#[O+].[C-]#[O+].[C-]#[O+].[Cr]=[C](c1ccccc1)c1ccccc1. The molecule has 0 aliphatic carbocycles. The molecule has 0 saturated carbocycles. The summed E-state index contributed by atoms with van der Waals surface area (Å²) in [5, 5.41) is 0. The van der Waals surface area contributed by atoms with E-state index in [1.807, 2.05) is 12.1 Å². The molecule has 0 heterocycles. The topological polar surface area (TPSA) is 99.5 Å². The third kappa shape index (κ3) is 14.5. The molecule has 0 bridgehead atoms. The zero-order chi connectivity index (χ0) is 19.8. The Hall–Kier alpha value is -2.46. The van der Waals surface area contributed by atoms with Crippen LogP contribution in [0.25, 0.3) is 0 Å². The van der Waals surface area contributed by atoms with E-state index in [0.717, 1.165) is 0 Å². The number of hydrogen-bond acceptors (Lipinski definition) is 0. The molecule has 0 aromatic heterocycles. The minimum atomic E-state index is 1.20. The van der Waals surface area contributed by atoms with Gasteiger partial charge in [0.05, 0.1) is 0 Å². The number of hydrogen-bond donors (Lipinski definition) is 0. The Morgan fingerprint density at radius 2 is 0.708 bits per heavy atom. The average molecular weight is 358 g/mol. The molecular formula is C18H10CrO5. The Kier molecular flexibility index (Phi) is 35.3. The first-order valence-electron chi connectivity index (χ1n) is 5.55. The van der Waals surface area contributed by atoms with Crippen molar-refractivity contribution >= 4 is 4.38 Å². The molecular weight excluding hydrogens is 348 g/mol. The van der Waals surface area contributed by atoms with E-state index in [4.69, 9.17) is 23.3 Å². The van der Waals surface area contributed by atoms with Gasteiger partial charge in [0, 0.05) is 0 Å². The van der Waals surface area contributed by atoms with Crippen LogP contribution in [0, 0.1) is 33.3 Å². The van der Waals surface area contributed by atoms with Gasteiger partial charge in [-0.25, -0.2) is 0 Å². The van der Waals surface area contributed by atoms with Crippen LogP contribution in [-0.2, 0) is 39.1 Å². The van der Waals surface area contributed by atoms with Crippen molar-refractivity contribution in [3.63, 3.8) is 0 Å². The van der Waals surface area contributed by atoms with Crippen molar-refractivity contribution in [1.29, 1.82) is 0 Å². The zero-order valence-electron chi connectivity index (χ0n) is 12.2. The normalized spacial score (nSPS) is 6.08. The molecule has 2 rings (SSSR count). The fraction of sp³-hybridized carbons (Fsp3) is 0. The molecule has 24 heavy (non-hydrogen) atoms. The summed E-state index contributed by atoms with van der Waals surface area (Å²) in [6, 6.07) is 20.7. The van der Waals surface area contributed by atoms with Gasteiger partial charge in [-0.1, -0.05) is 0 Å². The van der Waals surface area contributed by atoms with Gasteiger partial charge in [-0.05, 0) is 0 Å². The summed E-state index contributed by atoms with van der Waals surface area (Å²) in [6.45, 7) is 22.5. The van der Waals surface area contributed by atoms with E-state index < -0.39 is 0 Å². The summed E-state index contributed by atoms with van der Waals surface area (Å²) < 4.78 is 38.7. The summed E-state index contributed by atoms with van der Waals surface area (Å²) in [5.74, 6) is 0. The van der Waals surface area contributed by atoms with Gasteiger partial charge in [0.15, 0.2) is 0 Å². The summed E-state index contributed by atoms with van der Waals surface area (Å²) in [7, 11) is 0. The Balaban J connectivity index is -0.000000173. The van der Waals surface area contributed by atoms with Gasteiger partial charge in [-0.2, -0.15) is 0 Å². The molecule has 118 valence electrons. The molecule has 0 spiro atoms. The van der Waals surface area contributed by atoms with Crippen molar-refractivity contribution in [3.8, 4) is 0 Å². The van der Waals surface area contributed by atoms with Crippen LogP contribution >= 0.6 is 0 Å². The van der Waals surface area contributed by atoms with E-state index >= 15 is 0 Å². The first kappa shape index (κ1) is 29.5. The summed E-state index contributed by atoms with van der Waals surface area (Å²) in [4.78, 5) is 0. The average Bonchev–Trinajstić information content (AvgIpc) is 2.76. The van der Waals surface area contributed by atoms with Crippen molar-refractivity contribution in [2.45, 2.75) is 0 Å². The second-order valence-corrected chi connectivity index (χ2v) is 3.70. The summed E-state index contributed by atoms with van der Waals surface area (Å²) in [5.41, 5.74) is 2.47. The van der Waals surface area contributed by atoms with Gasteiger partial charge < -0.3 is 0 Å². The van der Waals surface area contributed by atoms with Gasteiger partial charge in [-0.15, -0.1) is 0 Å². The fourth-order valence-electron chi connectivity index (χ4n) is 1.35. The first-order chi connectivity index (χ1) is 11.9. The van der Waals surface area contributed by atoms with Gasteiger partial charge >= 0.3 is 149 Å². The molecule has 6 heteroatoms. The second-order valence-electron chi connectivity index (χ2n) is 3.06. The zero-order valence-corrected chi connectivity index (χ0v) is 13.5. The molecule has 0 aliphatic rings. The van der Waals surface area contributed by atoms with Crippen LogP contribution in [0.1, 0.15) is 11.1 Å². The quantitative estimate of drug-likeness (QED) is 0.582. The monoisotopic (exact) mass is 358 g/mol. The Morgan fingerprint density at radius 3 is 0.917 bits per heavy atom. The number of rotatable bonds is 2. The maximum atomic E-state index is 7.50. The molecule has 0 saturated heterocycles. The first-order valence-corrected chi connectivity index (χ1v) is 6.18. The van der Waals surface area contributed by atoms with E-state index in [9.17, 15) is 0 Å². The van der Waals surface area contributed by atoms with Gasteiger partial charge in [-0.3, -0.25) is 0 Å². The van der Waals surface area contributed by atoms with Crippen LogP contribution in [0.5, 0.6) is 0 Å². The minimum absolute atomic E-state index is 1.20. The van der Waals surface area contributed by atoms with Crippen LogP contribution in [0.3, 0.4) is 0 Å². The predicted octanol–water partition coefficient (Wildman–Crippen LogP) is 2.61.